The molecule has 5 aromatic rings. The van der Waals surface area contributed by atoms with Crippen molar-refractivity contribution in [2.45, 2.75) is 88.9 Å². The van der Waals surface area contributed by atoms with Gasteiger partial charge in [-0.15, -0.1) is 0 Å². The number of anilines is 2. The molecule has 72 heavy (non-hydrogen) atoms. The van der Waals surface area contributed by atoms with Crippen LogP contribution >= 0.6 is 0 Å². The van der Waals surface area contributed by atoms with Gasteiger partial charge < -0.3 is 39.3 Å². The molecule has 5 atom stereocenters. The number of amides is 3. The lowest BCUT2D eigenvalue weighted by atomic mass is 9.69. The summed E-state index contributed by atoms with van der Waals surface area (Å²) in [6.45, 7) is 10.6. The molecular weight excluding hydrogens is 912 g/mol. The van der Waals surface area contributed by atoms with E-state index >= 15 is 4.39 Å². The van der Waals surface area contributed by atoms with E-state index in [0.29, 0.717) is 65.7 Å². The molecule has 7 fully saturated rings. The van der Waals surface area contributed by atoms with Gasteiger partial charge in [-0.2, -0.15) is 9.97 Å². The molecule has 15 nitrogen and oxygen atoms in total. The maximum absolute atomic E-state index is 17.3. The van der Waals surface area contributed by atoms with Crippen molar-refractivity contribution in [2.75, 3.05) is 89.0 Å². The van der Waals surface area contributed by atoms with Gasteiger partial charge in [0.05, 0.1) is 19.1 Å². The lowest BCUT2D eigenvalue weighted by Gasteiger charge is -2.40. The summed E-state index contributed by atoms with van der Waals surface area (Å²) in [4.78, 5) is 64.0. The van der Waals surface area contributed by atoms with Crippen LogP contribution in [0.3, 0.4) is 0 Å². The standard InChI is InChI=1S/C56H65FN10O5/c1-71-42-25-37-4-2-3-5-43(37)45(26-42)50-49(57)51-46(27-58-50)52(66-30-39-22-35-6-7-36(35)23-40(31-66)59-39)62-55(61-51)72-33-56(14-15-56)32-64-20-18-63(19-21-64)28-34-12-16-65(17-13-34)41-8-9-44-38(24-41)29-67(54(44)70)47-10-11-48(68)60-53(47)69/h2-5,8-9,24-27,34-36,39-40,47,59H,6-7,10-23,28-33H2,1H3,(H,60,68,69). The molecule has 3 amide bonds. The Morgan fingerprint density at radius 1 is 0.806 bits per heavy atom. The molecular formula is C56H65FN10O5. The lowest BCUT2D eigenvalue weighted by Crippen LogP contribution is -2.56. The van der Waals surface area contributed by atoms with Crippen molar-refractivity contribution >= 4 is 50.9 Å². The van der Waals surface area contributed by atoms with Gasteiger partial charge in [-0.25, -0.2) is 4.39 Å². The minimum atomic E-state index is -0.602. The van der Waals surface area contributed by atoms with E-state index in [-0.39, 0.29) is 46.8 Å². The number of fused-ring (bicyclic) bond motifs is 6. The van der Waals surface area contributed by atoms with Gasteiger partial charge in [-0.1, -0.05) is 24.3 Å². The first-order valence-corrected chi connectivity index (χ1v) is 26.7. The van der Waals surface area contributed by atoms with Gasteiger partial charge in [0.2, 0.25) is 11.8 Å². The van der Waals surface area contributed by atoms with Crippen LogP contribution < -0.4 is 29.9 Å². The zero-order valence-electron chi connectivity index (χ0n) is 41.3. The molecule has 8 aliphatic rings. The number of benzene rings is 3. The van der Waals surface area contributed by atoms with E-state index in [0.717, 1.165) is 125 Å². The molecule has 5 unspecified atom stereocenters. The summed E-state index contributed by atoms with van der Waals surface area (Å²) in [6.07, 6.45) is 11.8. The van der Waals surface area contributed by atoms with E-state index in [1.165, 1.54) is 25.7 Å². The molecule has 2 N–H and O–H groups in total. The monoisotopic (exact) mass is 977 g/mol. The number of nitrogens with one attached hydrogen (secondary N) is 2. The quantitative estimate of drug-likeness (QED) is 0.133. The van der Waals surface area contributed by atoms with Gasteiger partial charge >= 0.3 is 6.01 Å². The molecule has 0 radical (unpaired) electrons. The van der Waals surface area contributed by atoms with Gasteiger partial charge in [0.1, 0.15) is 28.8 Å². The first kappa shape index (κ1) is 45.9. The molecule has 2 bridgehead atoms. The number of halogens is 1. The number of carbonyl (C=O) groups is 3. The Morgan fingerprint density at radius 2 is 1.57 bits per heavy atom. The predicted octanol–water partition coefficient (Wildman–Crippen LogP) is 6.41. The molecule has 8 heterocycles. The second-order valence-corrected chi connectivity index (χ2v) is 22.5. The third kappa shape index (κ3) is 8.70. The number of carbonyl (C=O) groups excluding carboxylic acids is 3. The highest BCUT2D eigenvalue weighted by Gasteiger charge is 2.46. The van der Waals surface area contributed by atoms with E-state index in [1.54, 1.807) is 18.2 Å². The van der Waals surface area contributed by atoms with Crippen molar-refractivity contribution in [3.63, 3.8) is 0 Å². The summed E-state index contributed by atoms with van der Waals surface area (Å²) in [5.74, 6) is 2.30. The van der Waals surface area contributed by atoms with Crippen LogP contribution in [-0.4, -0.2) is 145 Å². The van der Waals surface area contributed by atoms with Crippen LogP contribution in [0.4, 0.5) is 15.9 Å². The predicted molar refractivity (Wildman–Crippen MR) is 273 cm³/mol. The highest BCUT2D eigenvalue weighted by atomic mass is 19.1. The van der Waals surface area contributed by atoms with Crippen molar-refractivity contribution in [1.29, 1.82) is 0 Å². The number of pyridine rings is 1. The van der Waals surface area contributed by atoms with E-state index in [4.69, 9.17) is 24.4 Å². The number of piperazine rings is 2. The van der Waals surface area contributed by atoms with Crippen molar-refractivity contribution < 1.29 is 28.2 Å². The largest absolute Gasteiger partial charge is 0.497 e. The van der Waals surface area contributed by atoms with Gasteiger partial charge in [0.25, 0.3) is 5.91 Å². The number of hydrogen-bond acceptors (Lipinski definition) is 13. The molecule has 3 aromatic carbocycles. The average Bonchev–Trinajstić information content (AvgIpc) is 4.10. The normalized spacial score (nSPS) is 26.6. The third-order valence-corrected chi connectivity index (χ3v) is 17.9. The van der Waals surface area contributed by atoms with Crippen LogP contribution in [0.2, 0.25) is 0 Å². The molecule has 0 spiro atoms. The molecule has 2 saturated carbocycles. The highest BCUT2D eigenvalue weighted by molar-refractivity contribution is 6.05. The van der Waals surface area contributed by atoms with E-state index in [9.17, 15) is 14.4 Å². The Hall–Kier alpha value is -5.97. The molecule has 2 aliphatic carbocycles. The fourth-order valence-electron chi connectivity index (χ4n) is 13.4. The van der Waals surface area contributed by atoms with E-state index < -0.39 is 11.9 Å². The molecule has 6 aliphatic heterocycles. The molecule has 5 saturated heterocycles. The Labute approximate surface area is 419 Å². The Bertz CT molecular complexity index is 2930. The summed E-state index contributed by atoms with van der Waals surface area (Å²) in [5, 5.41) is 8.79. The third-order valence-electron chi connectivity index (χ3n) is 17.9. The number of methoxy groups -OCH3 is 1. The Morgan fingerprint density at radius 3 is 2.31 bits per heavy atom. The first-order chi connectivity index (χ1) is 35.1. The molecule has 16 heteroatoms. The second-order valence-electron chi connectivity index (χ2n) is 22.5. The van der Waals surface area contributed by atoms with Crippen LogP contribution in [0.1, 0.15) is 80.1 Å². The SMILES string of the molecule is COc1cc(-c2ncc3c(N4CC5CC6CCC6CC(C4)N5)nc(OCC4(CN5CCN(CC6CCN(c7ccc8c(c7)CN(C7CCC(=O)NC7=O)C8=O)CC6)CC5)CC4)nc3c2F)c2ccccc2c1. The Kier molecular flexibility index (Phi) is 11.8. The number of ether oxygens (including phenoxy) is 2. The number of rotatable bonds is 12. The van der Waals surface area contributed by atoms with Crippen LogP contribution in [0.15, 0.2) is 60.8 Å². The number of nitrogens with zero attached hydrogens (tertiary/aromatic N) is 8. The minimum Gasteiger partial charge on any atom is -0.497 e. The van der Waals surface area contributed by atoms with Crippen LogP contribution in [0.25, 0.3) is 32.9 Å². The summed E-state index contributed by atoms with van der Waals surface area (Å²) >= 11 is 0. The van der Waals surface area contributed by atoms with Gasteiger partial charge in [0.15, 0.2) is 5.82 Å². The zero-order valence-corrected chi connectivity index (χ0v) is 41.3. The first-order valence-electron chi connectivity index (χ1n) is 26.7. The van der Waals surface area contributed by atoms with E-state index in [2.05, 4.69) is 36.3 Å². The second kappa shape index (κ2) is 18.5. The summed E-state index contributed by atoms with van der Waals surface area (Å²) in [6, 6.07) is 18.2. The molecule has 2 aromatic heterocycles. The summed E-state index contributed by atoms with van der Waals surface area (Å²) in [7, 11) is 1.63. The minimum absolute atomic E-state index is 0.0201. The zero-order chi connectivity index (χ0) is 48.7. The topological polar surface area (TPSA) is 149 Å². The van der Waals surface area contributed by atoms with Gasteiger partial charge in [-0.3, -0.25) is 24.7 Å². The van der Waals surface area contributed by atoms with Crippen LogP contribution in [0, 0.1) is 29.0 Å². The van der Waals surface area contributed by atoms with Crippen LogP contribution in [-0.2, 0) is 16.1 Å². The van der Waals surface area contributed by atoms with Crippen LogP contribution in [0.5, 0.6) is 11.8 Å². The summed E-state index contributed by atoms with van der Waals surface area (Å²) in [5.41, 5.74) is 3.89. The van der Waals surface area contributed by atoms with Crippen molar-refractivity contribution in [3.8, 4) is 23.0 Å². The maximum Gasteiger partial charge on any atom is 0.319 e. The molecule has 13 rings (SSSR count). The smallest absolute Gasteiger partial charge is 0.319 e. The number of imide groups is 1. The number of hydrogen-bond donors (Lipinski definition) is 2. The summed E-state index contributed by atoms with van der Waals surface area (Å²) < 4.78 is 29.6. The maximum atomic E-state index is 17.3. The van der Waals surface area contributed by atoms with Gasteiger partial charge in [0, 0.05) is 119 Å². The number of aromatic nitrogens is 3. The fourth-order valence-corrected chi connectivity index (χ4v) is 13.4. The Balaban J connectivity index is 0.652. The van der Waals surface area contributed by atoms with Crippen molar-refractivity contribution in [1.82, 2.24) is 40.3 Å². The highest BCUT2D eigenvalue weighted by Crippen LogP contribution is 2.48. The lowest BCUT2D eigenvalue weighted by molar-refractivity contribution is -0.136. The number of piperidine rings is 2. The van der Waals surface area contributed by atoms with Crippen molar-refractivity contribution in [2.24, 2.45) is 23.2 Å². The van der Waals surface area contributed by atoms with Crippen molar-refractivity contribution in [3.05, 3.63) is 77.7 Å². The fraction of sp³-hybridized carbons (Fsp3) is 0.536. The van der Waals surface area contributed by atoms with Gasteiger partial charge in [-0.05, 0) is 122 Å². The molecule has 376 valence electrons. The van der Waals surface area contributed by atoms with E-state index in [1.807, 2.05) is 48.5 Å². The average molecular weight is 977 g/mol.